The summed E-state index contributed by atoms with van der Waals surface area (Å²) in [4.78, 5) is 0. The van der Waals surface area contributed by atoms with Crippen LogP contribution in [0.2, 0.25) is 0 Å². The van der Waals surface area contributed by atoms with Gasteiger partial charge in [-0.05, 0) is 46.7 Å². The van der Waals surface area contributed by atoms with E-state index in [-0.39, 0.29) is 12.0 Å². The van der Waals surface area contributed by atoms with Crippen LogP contribution >= 0.6 is 22.6 Å². The lowest BCUT2D eigenvalue weighted by Crippen LogP contribution is -2.32. The molecule has 0 aliphatic carbocycles. The van der Waals surface area contributed by atoms with Gasteiger partial charge in [-0.1, -0.05) is 19.1 Å². The van der Waals surface area contributed by atoms with E-state index in [0.29, 0.717) is 13.0 Å². The van der Waals surface area contributed by atoms with Gasteiger partial charge in [0.25, 0.3) is 0 Å². The summed E-state index contributed by atoms with van der Waals surface area (Å²) < 4.78 is 1.21. The summed E-state index contributed by atoms with van der Waals surface area (Å²) >= 11 is 2.29. The summed E-state index contributed by atoms with van der Waals surface area (Å²) in [5.74, 6) is 0. The molecule has 1 unspecified atom stereocenters. The van der Waals surface area contributed by atoms with Gasteiger partial charge in [0, 0.05) is 22.1 Å². The Labute approximate surface area is 98.7 Å². The Morgan fingerprint density at radius 3 is 2.71 bits per heavy atom. The van der Waals surface area contributed by atoms with E-state index in [4.69, 9.17) is 10.8 Å². The van der Waals surface area contributed by atoms with Gasteiger partial charge < -0.3 is 10.8 Å². The predicted molar refractivity (Wildman–Crippen MR) is 67.3 cm³/mol. The van der Waals surface area contributed by atoms with E-state index in [1.54, 1.807) is 0 Å². The summed E-state index contributed by atoms with van der Waals surface area (Å²) in [6, 6.07) is 8.29. The molecule has 3 heteroatoms. The third-order valence-corrected chi connectivity index (χ3v) is 3.31. The van der Waals surface area contributed by atoms with E-state index in [1.165, 1.54) is 9.13 Å². The number of hydrogen-bond acceptors (Lipinski definition) is 2. The molecule has 0 aliphatic heterocycles. The number of aliphatic hydroxyl groups excluding tert-OH is 1. The van der Waals surface area contributed by atoms with Crippen molar-refractivity contribution in [2.75, 3.05) is 13.2 Å². The van der Waals surface area contributed by atoms with Crippen LogP contribution < -0.4 is 5.73 Å². The van der Waals surface area contributed by atoms with Gasteiger partial charge in [0.2, 0.25) is 0 Å². The van der Waals surface area contributed by atoms with Crippen molar-refractivity contribution in [1.82, 2.24) is 0 Å². The van der Waals surface area contributed by atoms with Crippen LogP contribution in [0.1, 0.15) is 18.9 Å². The summed E-state index contributed by atoms with van der Waals surface area (Å²) in [6.07, 6.45) is 0.712. The zero-order valence-corrected chi connectivity index (χ0v) is 10.5. The Hall–Kier alpha value is -0.130. The molecule has 0 saturated heterocycles. The van der Waals surface area contributed by atoms with Crippen molar-refractivity contribution in [2.45, 2.75) is 18.8 Å². The normalized spacial score (nSPS) is 15.1. The van der Waals surface area contributed by atoms with Crippen molar-refractivity contribution in [3.05, 3.63) is 33.4 Å². The SMILES string of the molecule is CC(CN)(CCO)c1cccc(I)c1. The second kappa shape index (κ2) is 5.09. The third-order valence-electron chi connectivity index (χ3n) is 2.64. The fraction of sp³-hybridized carbons (Fsp3) is 0.455. The number of halogens is 1. The van der Waals surface area contributed by atoms with Gasteiger partial charge in [-0.25, -0.2) is 0 Å². The van der Waals surface area contributed by atoms with Gasteiger partial charge in [0.1, 0.15) is 0 Å². The zero-order valence-electron chi connectivity index (χ0n) is 8.33. The van der Waals surface area contributed by atoms with E-state index >= 15 is 0 Å². The number of hydrogen-bond donors (Lipinski definition) is 2. The quantitative estimate of drug-likeness (QED) is 0.835. The molecule has 1 rings (SSSR count). The highest BCUT2D eigenvalue weighted by molar-refractivity contribution is 14.1. The van der Waals surface area contributed by atoms with Crippen molar-refractivity contribution in [2.24, 2.45) is 5.73 Å². The summed E-state index contributed by atoms with van der Waals surface area (Å²) in [6.45, 7) is 2.83. The minimum Gasteiger partial charge on any atom is -0.396 e. The van der Waals surface area contributed by atoms with E-state index in [2.05, 4.69) is 47.7 Å². The lowest BCUT2D eigenvalue weighted by atomic mass is 9.80. The second-order valence-corrected chi connectivity index (χ2v) is 4.99. The Kier molecular flexibility index (Phi) is 4.34. The molecule has 0 saturated carbocycles. The Balaban J connectivity index is 2.99. The van der Waals surface area contributed by atoms with Crippen LogP contribution in [0.5, 0.6) is 0 Å². The van der Waals surface area contributed by atoms with Crippen molar-refractivity contribution < 1.29 is 5.11 Å². The lowest BCUT2D eigenvalue weighted by molar-refractivity contribution is 0.247. The van der Waals surface area contributed by atoms with E-state index in [0.717, 1.165) is 0 Å². The minimum atomic E-state index is -0.101. The smallest absolute Gasteiger partial charge is 0.0439 e. The molecular weight excluding hydrogens is 289 g/mol. The van der Waals surface area contributed by atoms with Gasteiger partial charge in [-0.15, -0.1) is 0 Å². The molecule has 2 nitrogen and oxygen atoms in total. The number of rotatable bonds is 4. The molecule has 0 aromatic heterocycles. The average molecular weight is 305 g/mol. The van der Waals surface area contributed by atoms with Gasteiger partial charge in [-0.3, -0.25) is 0 Å². The summed E-state index contributed by atoms with van der Waals surface area (Å²) in [7, 11) is 0. The highest BCUT2D eigenvalue weighted by Gasteiger charge is 2.24. The van der Waals surface area contributed by atoms with Crippen LogP contribution in [0.15, 0.2) is 24.3 Å². The molecule has 0 bridgehead atoms. The van der Waals surface area contributed by atoms with E-state index < -0.39 is 0 Å². The van der Waals surface area contributed by atoms with Gasteiger partial charge in [0.05, 0.1) is 0 Å². The predicted octanol–water partition coefficient (Wildman–Crippen LogP) is 1.89. The molecule has 1 atom stereocenters. The first-order valence-corrected chi connectivity index (χ1v) is 5.77. The van der Waals surface area contributed by atoms with Gasteiger partial charge in [0.15, 0.2) is 0 Å². The maximum atomic E-state index is 9.01. The highest BCUT2D eigenvalue weighted by Crippen LogP contribution is 2.27. The molecule has 0 radical (unpaired) electrons. The Morgan fingerprint density at radius 1 is 1.50 bits per heavy atom. The number of benzene rings is 1. The first kappa shape index (κ1) is 11.9. The standard InChI is InChI=1S/C11H16INO/c1-11(8-13,5-6-14)9-3-2-4-10(12)7-9/h2-4,7,14H,5-6,8,13H2,1H3. The van der Waals surface area contributed by atoms with Crippen LogP contribution in [0.25, 0.3) is 0 Å². The van der Waals surface area contributed by atoms with Crippen molar-refractivity contribution in [3.8, 4) is 0 Å². The monoisotopic (exact) mass is 305 g/mol. The van der Waals surface area contributed by atoms with Crippen LogP contribution in [0.4, 0.5) is 0 Å². The Bertz CT molecular complexity index is 303. The first-order valence-electron chi connectivity index (χ1n) is 4.69. The van der Waals surface area contributed by atoms with Crippen LogP contribution in [-0.2, 0) is 5.41 Å². The molecule has 0 amide bonds. The van der Waals surface area contributed by atoms with Gasteiger partial charge >= 0.3 is 0 Å². The fourth-order valence-corrected chi connectivity index (χ4v) is 2.02. The maximum absolute atomic E-state index is 9.01. The Morgan fingerprint density at radius 2 is 2.21 bits per heavy atom. The van der Waals surface area contributed by atoms with Crippen molar-refractivity contribution in [3.63, 3.8) is 0 Å². The van der Waals surface area contributed by atoms with Crippen molar-refractivity contribution >= 4 is 22.6 Å². The topological polar surface area (TPSA) is 46.2 Å². The van der Waals surface area contributed by atoms with Crippen LogP contribution in [-0.4, -0.2) is 18.3 Å². The maximum Gasteiger partial charge on any atom is 0.0439 e. The second-order valence-electron chi connectivity index (χ2n) is 3.75. The number of nitrogens with two attached hydrogens (primary N) is 1. The first-order chi connectivity index (χ1) is 6.62. The highest BCUT2D eigenvalue weighted by atomic mass is 127. The number of aliphatic hydroxyl groups is 1. The lowest BCUT2D eigenvalue weighted by Gasteiger charge is -2.28. The molecule has 0 fully saturated rings. The zero-order chi connectivity index (χ0) is 10.6. The van der Waals surface area contributed by atoms with E-state index in [1.807, 2.05) is 6.07 Å². The van der Waals surface area contributed by atoms with Crippen LogP contribution in [0.3, 0.4) is 0 Å². The van der Waals surface area contributed by atoms with E-state index in [9.17, 15) is 0 Å². The molecule has 78 valence electrons. The molecule has 0 spiro atoms. The largest absolute Gasteiger partial charge is 0.396 e. The summed E-state index contributed by atoms with van der Waals surface area (Å²) in [5.41, 5.74) is 6.87. The minimum absolute atomic E-state index is 0.101. The van der Waals surface area contributed by atoms with Gasteiger partial charge in [-0.2, -0.15) is 0 Å². The molecule has 0 aliphatic rings. The summed E-state index contributed by atoms with van der Waals surface area (Å²) in [5, 5.41) is 9.01. The molecule has 3 N–H and O–H groups in total. The fourth-order valence-electron chi connectivity index (χ4n) is 1.47. The average Bonchev–Trinajstić information content (AvgIpc) is 2.18. The molecule has 14 heavy (non-hydrogen) atoms. The molecule has 0 heterocycles. The van der Waals surface area contributed by atoms with Crippen LogP contribution in [0, 0.1) is 3.57 Å². The molecule has 1 aromatic rings. The van der Waals surface area contributed by atoms with Crippen molar-refractivity contribution in [1.29, 1.82) is 0 Å². The third kappa shape index (κ3) is 2.68. The molecule has 1 aromatic carbocycles. The molecular formula is C11H16INO.